The van der Waals surface area contributed by atoms with E-state index in [9.17, 15) is 18.0 Å². The molecule has 0 aliphatic carbocycles. The Hall–Kier alpha value is -2.62. The number of sulfonamides is 1. The molecule has 1 saturated heterocycles. The maximum Gasteiger partial charge on any atom is 0.256 e. The predicted molar refractivity (Wildman–Crippen MR) is 132 cm³/mol. The lowest BCUT2D eigenvalue weighted by molar-refractivity contribution is 0.0725. The highest BCUT2D eigenvalue weighted by Crippen LogP contribution is 2.38. The summed E-state index contributed by atoms with van der Waals surface area (Å²) < 4.78 is 30.3. The van der Waals surface area contributed by atoms with Gasteiger partial charge in [0.05, 0.1) is 36.1 Å². The number of methoxy groups -OCH3 is 1. The number of aryl methyl sites for hydroxylation is 2. The number of allylic oxidation sites excluding steroid dienone is 1. The number of ether oxygens (including phenoxy) is 1. The van der Waals surface area contributed by atoms with E-state index in [1.165, 1.54) is 17.7 Å². The number of benzene rings is 1. The van der Waals surface area contributed by atoms with Gasteiger partial charge < -0.3 is 14.6 Å². The molecular weight excluding hydrogens is 478 g/mol. The number of rotatable bonds is 5. The maximum atomic E-state index is 13.6. The minimum Gasteiger partial charge on any atom is -0.496 e. The molecule has 4 rings (SSSR count). The summed E-state index contributed by atoms with van der Waals surface area (Å²) in [4.78, 5) is 30.5. The van der Waals surface area contributed by atoms with E-state index in [1.54, 1.807) is 17.9 Å². The molecule has 34 heavy (non-hydrogen) atoms. The van der Waals surface area contributed by atoms with E-state index in [0.717, 1.165) is 27.8 Å². The summed E-state index contributed by atoms with van der Waals surface area (Å²) >= 11 is 6.81. The van der Waals surface area contributed by atoms with Crippen molar-refractivity contribution in [3.05, 3.63) is 66.6 Å². The highest BCUT2D eigenvalue weighted by Gasteiger charge is 2.33. The van der Waals surface area contributed by atoms with Gasteiger partial charge in [-0.05, 0) is 67.2 Å². The van der Waals surface area contributed by atoms with E-state index in [-0.39, 0.29) is 18.0 Å². The molecule has 0 saturated carbocycles. The zero-order chi connectivity index (χ0) is 24.9. The van der Waals surface area contributed by atoms with Gasteiger partial charge in [0.1, 0.15) is 5.75 Å². The molecule has 1 fully saturated rings. The first kappa shape index (κ1) is 24.5. The normalized spacial score (nSPS) is 16.4. The highest BCUT2D eigenvalue weighted by molar-refractivity contribution is 7.88. The Morgan fingerprint density at radius 1 is 1.21 bits per heavy atom. The summed E-state index contributed by atoms with van der Waals surface area (Å²) in [6, 6.07) is 3.71. The summed E-state index contributed by atoms with van der Waals surface area (Å²) in [5, 5.41) is 0.364. The maximum absolute atomic E-state index is 13.6. The number of aromatic nitrogens is 1. The summed E-state index contributed by atoms with van der Waals surface area (Å²) in [7, 11) is -1.74. The smallest absolute Gasteiger partial charge is 0.256 e. The molecule has 3 heterocycles. The van der Waals surface area contributed by atoms with Crippen LogP contribution in [0.4, 0.5) is 0 Å². The molecule has 0 atom stereocenters. The largest absolute Gasteiger partial charge is 0.496 e. The fourth-order valence-electron chi connectivity index (χ4n) is 4.56. The molecule has 0 unspecified atom stereocenters. The molecule has 1 aromatic heterocycles. The van der Waals surface area contributed by atoms with Gasteiger partial charge in [0.2, 0.25) is 10.0 Å². The number of aromatic amines is 1. The van der Waals surface area contributed by atoms with E-state index < -0.39 is 10.0 Å². The summed E-state index contributed by atoms with van der Waals surface area (Å²) in [5.41, 5.74) is 5.70. The van der Waals surface area contributed by atoms with Crippen LogP contribution in [0.3, 0.4) is 0 Å². The first-order valence-electron chi connectivity index (χ1n) is 10.9. The lowest BCUT2D eigenvalue weighted by atomic mass is 9.88. The minimum absolute atomic E-state index is 0.111. The number of nitrogens with one attached hydrogen (secondary N) is 1. The number of hydrogen-bond acceptors (Lipinski definition) is 5. The van der Waals surface area contributed by atoms with Crippen LogP contribution in [0, 0.1) is 13.8 Å². The van der Waals surface area contributed by atoms with Crippen LogP contribution in [0.2, 0.25) is 5.02 Å². The van der Waals surface area contributed by atoms with Gasteiger partial charge >= 0.3 is 0 Å². The Kier molecular flexibility index (Phi) is 6.39. The minimum atomic E-state index is -3.24. The highest BCUT2D eigenvalue weighted by atomic mass is 35.5. The van der Waals surface area contributed by atoms with Gasteiger partial charge in [-0.1, -0.05) is 11.6 Å². The third kappa shape index (κ3) is 4.28. The van der Waals surface area contributed by atoms with E-state index >= 15 is 0 Å². The van der Waals surface area contributed by atoms with Gasteiger partial charge in [-0.25, -0.2) is 8.42 Å². The van der Waals surface area contributed by atoms with Gasteiger partial charge in [-0.15, -0.1) is 0 Å². The number of amides is 1. The van der Waals surface area contributed by atoms with Crippen LogP contribution >= 0.6 is 11.6 Å². The molecule has 0 bridgehead atoms. The molecule has 0 spiro atoms. The molecule has 8 nitrogen and oxygen atoms in total. The fourth-order valence-corrected chi connectivity index (χ4v) is 5.73. The van der Waals surface area contributed by atoms with E-state index in [2.05, 4.69) is 4.98 Å². The van der Waals surface area contributed by atoms with Crippen LogP contribution in [0.25, 0.3) is 5.57 Å². The van der Waals surface area contributed by atoms with Crippen molar-refractivity contribution >= 4 is 33.1 Å². The zero-order valence-electron chi connectivity index (χ0n) is 19.9. The summed E-state index contributed by atoms with van der Waals surface area (Å²) in [5.74, 6) is 0.208. The molecule has 10 heteroatoms. The Morgan fingerprint density at radius 3 is 2.50 bits per heavy atom. The van der Waals surface area contributed by atoms with Crippen LogP contribution in [-0.4, -0.2) is 61.5 Å². The monoisotopic (exact) mass is 505 g/mol. The standard InChI is InChI=1S/C24H28ClN3O5S/c1-13-8-18(15(3)16-10-28(11-16)34(5,31)32)22(25)21-17(13)6-7-27(24(21)30)12-19-20(33-4)9-14(2)26-23(19)29/h8-9H,6-7,10-12H2,1-5H3,(H,26,29). The first-order valence-corrected chi connectivity index (χ1v) is 13.2. The van der Waals surface area contributed by atoms with Crippen molar-refractivity contribution in [1.82, 2.24) is 14.2 Å². The van der Waals surface area contributed by atoms with Gasteiger partial charge in [-0.3, -0.25) is 9.59 Å². The summed E-state index contributed by atoms with van der Waals surface area (Å²) in [6.07, 6.45) is 1.81. The molecule has 1 amide bonds. The average molecular weight is 506 g/mol. The topological polar surface area (TPSA) is 99.8 Å². The third-order valence-corrected chi connectivity index (χ3v) is 8.25. The molecular formula is C24H28ClN3O5S. The second kappa shape index (κ2) is 8.87. The van der Waals surface area contributed by atoms with Gasteiger partial charge in [0.15, 0.2) is 0 Å². The number of H-pyrrole nitrogens is 1. The van der Waals surface area contributed by atoms with Gasteiger partial charge in [0, 0.05) is 25.3 Å². The van der Waals surface area contributed by atoms with E-state index in [4.69, 9.17) is 16.3 Å². The van der Waals surface area contributed by atoms with Crippen molar-refractivity contribution in [3.63, 3.8) is 0 Å². The zero-order valence-corrected chi connectivity index (χ0v) is 21.5. The Morgan fingerprint density at radius 2 is 1.88 bits per heavy atom. The first-order chi connectivity index (χ1) is 15.9. The lowest BCUT2D eigenvalue weighted by Gasteiger charge is -2.34. The molecule has 0 radical (unpaired) electrons. The van der Waals surface area contributed by atoms with Crippen LogP contribution in [0.1, 0.15) is 45.2 Å². The summed E-state index contributed by atoms with van der Waals surface area (Å²) in [6.45, 7) is 6.86. The van der Waals surface area contributed by atoms with Crippen molar-refractivity contribution in [2.75, 3.05) is 33.0 Å². The van der Waals surface area contributed by atoms with Crippen molar-refractivity contribution in [1.29, 1.82) is 0 Å². The Bertz CT molecular complexity index is 1390. The number of halogens is 1. The number of carbonyl (C=O) groups excluding carboxylic acids is 1. The van der Waals surface area contributed by atoms with Crippen LogP contribution in [-0.2, 0) is 23.0 Å². The average Bonchev–Trinajstić information content (AvgIpc) is 2.71. The quantitative estimate of drug-likeness (QED) is 0.673. The number of carbonyl (C=O) groups is 1. The number of hydrogen-bond donors (Lipinski definition) is 1. The lowest BCUT2D eigenvalue weighted by Crippen LogP contribution is -2.44. The van der Waals surface area contributed by atoms with E-state index in [1.807, 2.05) is 19.9 Å². The van der Waals surface area contributed by atoms with Crippen molar-refractivity contribution < 1.29 is 17.9 Å². The molecule has 182 valence electrons. The molecule has 2 aliphatic rings. The second-order valence-electron chi connectivity index (χ2n) is 8.97. The Balaban J connectivity index is 1.70. The van der Waals surface area contributed by atoms with Gasteiger partial charge in [0.25, 0.3) is 11.5 Å². The number of pyridine rings is 1. The third-order valence-electron chi connectivity index (χ3n) is 6.66. The van der Waals surface area contributed by atoms with Crippen molar-refractivity contribution in [2.24, 2.45) is 0 Å². The van der Waals surface area contributed by atoms with Gasteiger partial charge in [-0.2, -0.15) is 4.31 Å². The van der Waals surface area contributed by atoms with Crippen LogP contribution in [0.5, 0.6) is 5.75 Å². The SMILES string of the molecule is COc1cc(C)[nH]c(=O)c1CN1CCc2c(C)cc(C(C)=C3CN(S(C)(=O)=O)C3)c(Cl)c2C1=O. The number of fused-ring (bicyclic) bond motifs is 1. The molecule has 2 aromatic rings. The van der Waals surface area contributed by atoms with Crippen LogP contribution < -0.4 is 10.3 Å². The second-order valence-corrected chi connectivity index (χ2v) is 11.3. The molecule has 1 aromatic carbocycles. The molecule has 2 aliphatic heterocycles. The van der Waals surface area contributed by atoms with Crippen molar-refractivity contribution in [2.45, 2.75) is 33.7 Å². The Labute approximate surface area is 204 Å². The number of nitrogens with zero attached hydrogens (tertiary/aromatic N) is 2. The fraction of sp³-hybridized carbons (Fsp3) is 0.417. The predicted octanol–water partition coefficient (Wildman–Crippen LogP) is 2.90. The molecule has 1 N–H and O–H groups in total. The van der Waals surface area contributed by atoms with Crippen LogP contribution in [0.15, 0.2) is 22.5 Å². The van der Waals surface area contributed by atoms with Crippen molar-refractivity contribution in [3.8, 4) is 5.75 Å². The van der Waals surface area contributed by atoms with E-state index in [0.29, 0.717) is 53.6 Å².